The van der Waals surface area contributed by atoms with Gasteiger partial charge < -0.3 is 15.1 Å². The van der Waals surface area contributed by atoms with Gasteiger partial charge in [0.1, 0.15) is 0 Å². The molecular weight excluding hydrogens is 336 g/mol. The highest BCUT2D eigenvalue weighted by Crippen LogP contribution is 2.19. The Hall–Kier alpha value is -2.56. The predicted octanol–water partition coefficient (Wildman–Crippen LogP) is 3.81. The highest BCUT2D eigenvalue weighted by atomic mass is 16.2. The van der Waals surface area contributed by atoms with Crippen LogP contribution >= 0.6 is 0 Å². The standard InChI is InChI=1S/C22H30N4O/c1-17(2)7-8-24-20-14-19(15-23-16-20)22(27)26-11-9-25(10-12-26)21-6-4-5-18(3)13-21/h4-6,13-17,24H,7-12H2,1-3H3. The fourth-order valence-corrected chi connectivity index (χ4v) is 3.33. The van der Waals surface area contributed by atoms with Crippen molar-refractivity contribution in [2.75, 3.05) is 42.9 Å². The van der Waals surface area contributed by atoms with Gasteiger partial charge in [0.25, 0.3) is 5.91 Å². The van der Waals surface area contributed by atoms with Crippen molar-refractivity contribution in [3.8, 4) is 0 Å². The molecule has 0 atom stereocenters. The first-order valence-electron chi connectivity index (χ1n) is 9.83. The van der Waals surface area contributed by atoms with Crippen molar-refractivity contribution in [2.45, 2.75) is 27.2 Å². The number of hydrogen-bond donors (Lipinski definition) is 1. The summed E-state index contributed by atoms with van der Waals surface area (Å²) in [6, 6.07) is 10.5. The summed E-state index contributed by atoms with van der Waals surface area (Å²) in [7, 11) is 0. The number of pyridine rings is 1. The molecule has 0 radical (unpaired) electrons. The van der Waals surface area contributed by atoms with E-state index < -0.39 is 0 Å². The van der Waals surface area contributed by atoms with Gasteiger partial charge in [-0.15, -0.1) is 0 Å². The van der Waals surface area contributed by atoms with Crippen molar-refractivity contribution >= 4 is 17.3 Å². The molecule has 0 saturated carbocycles. The third kappa shape index (κ3) is 5.22. The van der Waals surface area contributed by atoms with Crippen LogP contribution in [0.4, 0.5) is 11.4 Å². The molecule has 0 bridgehead atoms. The Morgan fingerprint density at radius 3 is 2.63 bits per heavy atom. The molecule has 144 valence electrons. The Labute approximate surface area is 162 Å². The van der Waals surface area contributed by atoms with Gasteiger partial charge in [-0.2, -0.15) is 0 Å². The second-order valence-electron chi connectivity index (χ2n) is 7.69. The molecule has 3 rings (SSSR count). The number of nitrogens with zero attached hydrogens (tertiary/aromatic N) is 3. The van der Waals surface area contributed by atoms with Crippen LogP contribution in [-0.4, -0.2) is 48.5 Å². The van der Waals surface area contributed by atoms with Crippen LogP contribution in [0.15, 0.2) is 42.7 Å². The SMILES string of the molecule is Cc1cccc(N2CCN(C(=O)c3cncc(NCCC(C)C)c3)CC2)c1. The Morgan fingerprint density at radius 2 is 1.93 bits per heavy atom. The molecule has 5 nitrogen and oxygen atoms in total. The predicted molar refractivity (Wildman–Crippen MR) is 111 cm³/mol. The van der Waals surface area contributed by atoms with Crippen LogP contribution in [0.5, 0.6) is 0 Å². The van der Waals surface area contributed by atoms with E-state index in [2.05, 4.69) is 60.2 Å². The maximum atomic E-state index is 12.9. The van der Waals surface area contributed by atoms with E-state index in [0.717, 1.165) is 44.8 Å². The zero-order valence-corrected chi connectivity index (χ0v) is 16.6. The minimum atomic E-state index is 0.0684. The molecule has 1 aliphatic rings. The number of aryl methyl sites for hydroxylation is 1. The van der Waals surface area contributed by atoms with Gasteiger partial charge >= 0.3 is 0 Å². The first-order valence-corrected chi connectivity index (χ1v) is 9.83. The summed E-state index contributed by atoms with van der Waals surface area (Å²) in [6.07, 6.45) is 4.55. The summed E-state index contributed by atoms with van der Waals surface area (Å²) in [5.74, 6) is 0.721. The minimum Gasteiger partial charge on any atom is -0.384 e. The van der Waals surface area contributed by atoms with Gasteiger partial charge in [-0.25, -0.2) is 0 Å². The third-order valence-corrected chi connectivity index (χ3v) is 4.97. The molecule has 5 heteroatoms. The van der Waals surface area contributed by atoms with Gasteiger partial charge in [-0.05, 0) is 43.0 Å². The molecule has 1 fully saturated rings. The Kier molecular flexibility index (Phi) is 6.32. The van der Waals surface area contributed by atoms with E-state index in [0.29, 0.717) is 11.5 Å². The lowest BCUT2D eigenvalue weighted by Gasteiger charge is -2.36. The number of benzene rings is 1. The van der Waals surface area contributed by atoms with Crippen molar-refractivity contribution < 1.29 is 4.79 Å². The molecule has 1 aromatic heterocycles. The van der Waals surface area contributed by atoms with E-state index in [4.69, 9.17) is 0 Å². The topological polar surface area (TPSA) is 48.5 Å². The number of aromatic nitrogens is 1. The van der Waals surface area contributed by atoms with E-state index in [-0.39, 0.29) is 5.91 Å². The quantitative estimate of drug-likeness (QED) is 0.845. The third-order valence-electron chi connectivity index (χ3n) is 4.97. The average Bonchev–Trinajstić information content (AvgIpc) is 2.67. The maximum Gasteiger partial charge on any atom is 0.255 e. The molecule has 27 heavy (non-hydrogen) atoms. The van der Waals surface area contributed by atoms with Crippen LogP contribution < -0.4 is 10.2 Å². The molecule has 1 N–H and O–H groups in total. The zero-order chi connectivity index (χ0) is 19.2. The van der Waals surface area contributed by atoms with Crippen molar-refractivity contribution in [3.05, 3.63) is 53.9 Å². The number of piperazine rings is 1. The first kappa shape index (κ1) is 19.2. The number of rotatable bonds is 6. The summed E-state index contributed by atoms with van der Waals surface area (Å²) in [5, 5.41) is 3.37. The number of anilines is 2. The molecule has 1 aliphatic heterocycles. The Morgan fingerprint density at radius 1 is 1.15 bits per heavy atom. The van der Waals surface area contributed by atoms with Crippen molar-refractivity contribution in [1.29, 1.82) is 0 Å². The summed E-state index contributed by atoms with van der Waals surface area (Å²) in [5.41, 5.74) is 4.08. The van der Waals surface area contributed by atoms with Gasteiger partial charge in [0.05, 0.1) is 11.3 Å². The zero-order valence-electron chi connectivity index (χ0n) is 16.6. The molecule has 1 aromatic carbocycles. The van der Waals surface area contributed by atoms with E-state index in [1.165, 1.54) is 11.3 Å². The molecule has 1 amide bonds. The van der Waals surface area contributed by atoms with Crippen LogP contribution in [0, 0.1) is 12.8 Å². The minimum absolute atomic E-state index is 0.0684. The van der Waals surface area contributed by atoms with Crippen molar-refractivity contribution in [3.63, 3.8) is 0 Å². The molecular formula is C22H30N4O. The number of carbonyl (C=O) groups is 1. The summed E-state index contributed by atoms with van der Waals surface area (Å²) < 4.78 is 0. The second kappa shape index (κ2) is 8.89. The van der Waals surface area contributed by atoms with E-state index in [1.807, 2.05) is 11.0 Å². The Bertz CT molecular complexity index is 766. The van der Waals surface area contributed by atoms with Gasteiger partial charge in [0, 0.05) is 50.8 Å². The van der Waals surface area contributed by atoms with Crippen LogP contribution in [0.3, 0.4) is 0 Å². The lowest BCUT2D eigenvalue weighted by Crippen LogP contribution is -2.48. The highest BCUT2D eigenvalue weighted by molar-refractivity contribution is 5.95. The average molecular weight is 367 g/mol. The van der Waals surface area contributed by atoms with Crippen molar-refractivity contribution in [1.82, 2.24) is 9.88 Å². The largest absolute Gasteiger partial charge is 0.384 e. The van der Waals surface area contributed by atoms with E-state index in [9.17, 15) is 4.79 Å². The number of nitrogens with one attached hydrogen (secondary N) is 1. The lowest BCUT2D eigenvalue weighted by atomic mass is 10.1. The maximum absolute atomic E-state index is 12.9. The molecule has 1 saturated heterocycles. The fourth-order valence-electron chi connectivity index (χ4n) is 3.33. The van der Waals surface area contributed by atoms with Gasteiger partial charge in [0.15, 0.2) is 0 Å². The van der Waals surface area contributed by atoms with Crippen LogP contribution in [0.2, 0.25) is 0 Å². The number of carbonyl (C=O) groups excluding carboxylic acids is 1. The van der Waals surface area contributed by atoms with E-state index >= 15 is 0 Å². The lowest BCUT2D eigenvalue weighted by molar-refractivity contribution is 0.0746. The summed E-state index contributed by atoms with van der Waals surface area (Å²) >= 11 is 0. The fraction of sp³-hybridized carbons (Fsp3) is 0.455. The van der Waals surface area contributed by atoms with Crippen LogP contribution in [-0.2, 0) is 0 Å². The van der Waals surface area contributed by atoms with Gasteiger partial charge in [-0.1, -0.05) is 26.0 Å². The summed E-state index contributed by atoms with van der Waals surface area (Å²) in [4.78, 5) is 21.4. The molecule has 0 unspecified atom stereocenters. The van der Waals surface area contributed by atoms with Gasteiger partial charge in [0.2, 0.25) is 0 Å². The summed E-state index contributed by atoms with van der Waals surface area (Å²) in [6.45, 7) is 10.6. The smallest absolute Gasteiger partial charge is 0.255 e. The molecule has 2 aromatic rings. The highest BCUT2D eigenvalue weighted by Gasteiger charge is 2.22. The van der Waals surface area contributed by atoms with Crippen molar-refractivity contribution in [2.24, 2.45) is 5.92 Å². The molecule has 2 heterocycles. The number of amides is 1. The van der Waals surface area contributed by atoms with E-state index in [1.54, 1.807) is 12.4 Å². The molecule has 0 spiro atoms. The Balaban J connectivity index is 1.57. The van der Waals surface area contributed by atoms with Crippen LogP contribution in [0.1, 0.15) is 36.2 Å². The normalized spacial score (nSPS) is 14.5. The first-order chi connectivity index (χ1) is 13.0. The monoisotopic (exact) mass is 366 g/mol. The van der Waals surface area contributed by atoms with Crippen LogP contribution in [0.25, 0.3) is 0 Å². The van der Waals surface area contributed by atoms with Gasteiger partial charge in [-0.3, -0.25) is 9.78 Å². The number of hydrogen-bond acceptors (Lipinski definition) is 4. The molecule has 0 aliphatic carbocycles. The second-order valence-corrected chi connectivity index (χ2v) is 7.69.